The topological polar surface area (TPSA) is 237 Å². The SMILES string of the molecule is CCCCCCCCCCCCC(=O)OC[C@H](COP(=O)(O)OC[C@H](O)COP(=O)(O)OC[C@@H](COC(=O)CCCCCCCCCCCC)OC(=O)CCCCCCCCCCCCCCCCCC(C)C)OC(=O)CCCCCCCCCCCC. The summed E-state index contributed by atoms with van der Waals surface area (Å²) in [5.41, 5.74) is 0. The van der Waals surface area contributed by atoms with Gasteiger partial charge in [-0.3, -0.25) is 37.3 Å². The Morgan fingerprint density at radius 1 is 0.307 bits per heavy atom. The number of hydrogen-bond donors (Lipinski definition) is 3. The third-order valence-electron chi connectivity index (χ3n) is 16.0. The van der Waals surface area contributed by atoms with E-state index in [2.05, 4.69) is 34.6 Å². The number of carbonyl (C=O) groups is 4. The van der Waals surface area contributed by atoms with Crippen LogP contribution in [0.2, 0.25) is 0 Å². The minimum atomic E-state index is -4.95. The van der Waals surface area contributed by atoms with Gasteiger partial charge in [-0.15, -0.1) is 0 Å². The lowest BCUT2D eigenvalue weighted by molar-refractivity contribution is -0.161. The number of aliphatic hydroxyl groups is 1. The Kier molecular flexibility index (Phi) is 61.1. The van der Waals surface area contributed by atoms with E-state index in [9.17, 15) is 43.2 Å². The lowest BCUT2D eigenvalue weighted by Crippen LogP contribution is -2.30. The summed E-state index contributed by atoms with van der Waals surface area (Å²) in [5, 5.41) is 10.6. The zero-order valence-corrected chi connectivity index (χ0v) is 58.6. The second-order valence-electron chi connectivity index (χ2n) is 25.4. The predicted octanol–water partition coefficient (Wildman–Crippen LogP) is 19.7. The Labute approximate surface area is 537 Å². The molecule has 0 aliphatic rings. The lowest BCUT2D eigenvalue weighted by atomic mass is 10.0. The van der Waals surface area contributed by atoms with Crippen molar-refractivity contribution in [2.45, 2.75) is 374 Å². The van der Waals surface area contributed by atoms with Gasteiger partial charge in [0.05, 0.1) is 26.4 Å². The first-order valence-electron chi connectivity index (χ1n) is 36.1. The standard InChI is InChI=1S/C69H134O17P2/c1-6-9-12-15-18-21-32-37-42-47-52-66(71)79-58-64(85-68(73)54-49-44-39-34-23-20-17-14-11-8-3)60-83-87(75,76)81-56-63(70)57-82-88(77,78)84-61-65(59-80-67(72)53-48-43-38-33-22-19-16-13-10-7-2)86-69(74)55-50-45-40-35-30-28-26-24-25-27-29-31-36-41-46-51-62(4)5/h62-65,70H,6-61H2,1-5H3,(H,75,76)(H,77,78)/t63-,64+,65+/m0/s1. The summed E-state index contributed by atoms with van der Waals surface area (Å²) in [6.45, 7) is 7.24. The average molecular weight is 1300 g/mol. The van der Waals surface area contributed by atoms with Gasteiger partial charge in [0, 0.05) is 25.7 Å². The molecule has 19 heteroatoms. The van der Waals surface area contributed by atoms with Gasteiger partial charge in [-0.25, -0.2) is 9.13 Å². The molecule has 2 unspecified atom stereocenters. The Balaban J connectivity index is 5.19. The smallest absolute Gasteiger partial charge is 0.462 e. The van der Waals surface area contributed by atoms with Crippen LogP contribution in [0.4, 0.5) is 0 Å². The van der Waals surface area contributed by atoms with E-state index in [0.717, 1.165) is 95.8 Å². The number of aliphatic hydroxyl groups excluding tert-OH is 1. The number of phosphoric ester groups is 2. The van der Waals surface area contributed by atoms with Crippen LogP contribution in [0.25, 0.3) is 0 Å². The highest BCUT2D eigenvalue weighted by atomic mass is 31.2. The van der Waals surface area contributed by atoms with Crippen LogP contribution in [-0.4, -0.2) is 96.7 Å². The third-order valence-corrected chi connectivity index (χ3v) is 17.9. The summed E-state index contributed by atoms with van der Waals surface area (Å²) >= 11 is 0. The predicted molar refractivity (Wildman–Crippen MR) is 354 cm³/mol. The van der Waals surface area contributed by atoms with Gasteiger partial charge < -0.3 is 33.8 Å². The van der Waals surface area contributed by atoms with Gasteiger partial charge in [0.15, 0.2) is 12.2 Å². The van der Waals surface area contributed by atoms with Crippen molar-refractivity contribution in [1.82, 2.24) is 0 Å². The third kappa shape index (κ3) is 62.8. The Morgan fingerprint density at radius 3 is 0.773 bits per heavy atom. The first-order valence-corrected chi connectivity index (χ1v) is 39.1. The number of hydrogen-bond acceptors (Lipinski definition) is 15. The molecule has 0 radical (unpaired) electrons. The highest BCUT2D eigenvalue weighted by Crippen LogP contribution is 2.45. The Morgan fingerprint density at radius 2 is 0.523 bits per heavy atom. The number of unbranched alkanes of at least 4 members (excludes halogenated alkanes) is 41. The van der Waals surface area contributed by atoms with Gasteiger partial charge in [0.1, 0.15) is 19.3 Å². The molecule has 3 N–H and O–H groups in total. The van der Waals surface area contributed by atoms with E-state index in [1.807, 2.05) is 0 Å². The summed E-state index contributed by atoms with van der Waals surface area (Å²) in [6, 6.07) is 0. The number of phosphoric acid groups is 2. The molecule has 17 nitrogen and oxygen atoms in total. The Bertz CT molecular complexity index is 1700. The average Bonchev–Trinajstić information content (AvgIpc) is 3.55. The monoisotopic (exact) mass is 1300 g/mol. The summed E-state index contributed by atoms with van der Waals surface area (Å²) in [7, 11) is -9.89. The molecule has 0 fully saturated rings. The molecule has 0 spiro atoms. The normalized spacial score (nSPS) is 14.1. The van der Waals surface area contributed by atoms with E-state index in [1.165, 1.54) is 180 Å². The first kappa shape index (κ1) is 86.1. The zero-order valence-electron chi connectivity index (χ0n) is 56.9. The second kappa shape index (κ2) is 62.5. The second-order valence-corrected chi connectivity index (χ2v) is 28.3. The van der Waals surface area contributed by atoms with E-state index in [4.69, 9.17) is 37.0 Å². The van der Waals surface area contributed by atoms with E-state index in [-0.39, 0.29) is 25.7 Å². The number of esters is 4. The molecule has 5 atom stereocenters. The summed E-state index contributed by atoms with van der Waals surface area (Å²) < 4.78 is 68.2. The van der Waals surface area contributed by atoms with Crippen LogP contribution >= 0.6 is 15.6 Å². The van der Waals surface area contributed by atoms with Gasteiger partial charge in [0.2, 0.25) is 0 Å². The quantitative estimate of drug-likeness (QED) is 0.0222. The molecule has 88 heavy (non-hydrogen) atoms. The molecule has 0 aromatic heterocycles. The number of ether oxygens (including phenoxy) is 4. The van der Waals surface area contributed by atoms with Crippen LogP contribution in [0, 0.1) is 5.92 Å². The molecule has 0 bridgehead atoms. The molecule has 522 valence electrons. The van der Waals surface area contributed by atoms with Crippen LogP contribution in [0.3, 0.4) is 0 Å². The fourth-order valence-corrected chi connectivity index (χ4v) is 12.0. The molecule has 0 saturated carbocycles. The van der Waals surface area contributed by atoms with Crippen LogP contribution in [0.1, 0.15) is 356 Å². The first-order chi connectivity index (χ1) is 42.5. The van der Waals surface area contributed by atoms with E-state index < -0.39 is 97.5 Å². The van der Waals surface area contributed by atoms with Crippen molar-refractivity contribution >= 4 is 39.5 Å². The molecule has 0 aliphatic heterocycles. The molecule has 0 aromatic carbocycles. The van der Waals surface area contributed by atoms with Crippen molar-refractivity contribution in [3.05, 3.63) is 0 Å². The number of carbonyl (C=O) groups excluding carboxylic acids is 4. The highest BCUT2D eigenvalue weighted by molar-refractivity contribution is 7.47. The molecule has 0 saturated heterocycles. The van der Waals surface area contributed by atoms with Gasteiger partial charge in [-0.2, -0.15) is 0 Å². The highest BCUT2D eigenvalue weighted by Gasteiger charge is 2.30. The van der Waals surface area contributed by atoms with Crippen molar-refractivity contribution in [3.63, 3.8) is 0 Å². The summed E-state index contributed by atoms with van der Waals surface area (Å²) in [6.07, 6.45) is 48.5. The largest absolute Gasteiger partial charge is 0.472 e. The maximum Gasteiger partial charge on any atom is 0.472 e. The van der Waals surface area contributed by atoms with Crippen LogP contribution in [0.5, 0.6) is 0 Å². The molecular formula is C69H134O17P2. The fraction of sp³-hybridized carbons (Fsp3) is 0.942. The molecule has 0 aromatic rings. The summed E-state index contributed by atoms with van der Waals surface area (Å²) in [5.74, 6) is -1.32. The van der Waals surface area contributed by atoms with Gasteiger partial charge in [0.25, 0.3) is 0 Å². The maximum atomic E-state index is 13.0. The van der Waals surface area contributed by atoms with Crippen molar-refractivity contribution < 1.29 is 80.2 Å². The molecule has 0 aliphatic carbocycles. The van der Waals surface area contributed by atoms with Crippen molar-refractivity contribution in [1.29, 1.82) is 0 Å². The van der Waals surface area contributed by atoms with E-state index in [0.29, 0.717) is 25.7 Å². The molecule has 0 amide bonds. The van der Waals surface area contributed by atoms with Crippen molar-refractivity contribution in [2.75, 3.05) is 39.6 Å². The number of rotatable bonds is 69. The van der Waals surface area contributed by atoms with E-state index in [1.54, 1.807) is 0 Å². The van der Waals surface area contributed by atoms with Crippen LogP contribution in [0.15, 0.2) is 0 Å². The van der Waals surface area contributed by atoms with E-state index >= 15 is 0 Å². The molecular weight excluding hydrogens is 1160 g/mol. The lowest BCUT2D eigenvalue weighted by Gasteiger charge is -2.21. The fourth-order valence-electron chi connectivity index (χ4n) is 10.5. The maximum absolute atomic E-state index is 13.0. The Hall–Kier alpha value is -1.94. The van der Waals surface area contributed by atoms with Gasteiger partial charge >= 0.3 is 39.5 Å². The van der Waals surface area contributed by atoms with Crippen LogP contribution < -0.4 is 0 Å². The van der Waals surface area contributed by atoms with Crippen LogP contribution in [-0.2, 0) is 65.4 Å². The van der Waals surface area contributed by atoms with Crippen molar-refractivity contribution in [3.8, 4) is 0 Å². The summed E-state index contributed by atoms with van der Waals surface area (Å²) in [4.78, 5) is 72.4. The van der Waals surface area contributed by atoms with Gasteiger partial charge in [-0.1, -0.05) is 304 Å². The molecule has 0 heterocycles. The zero-order chi connectivity index (χ0) is 64.9. The van der Waals surface area contributed by atoms with Crippen molar-refractivity contribution in [2.24, 2.45) is 5.92 Å². The minimum absolute atomic E-state index is 0.107. The van der Waals surface area contributed by atoms with Gasteiger partial charge in [-0.05, 0) is 31.6 Å². The molecule has 0 rings (SSSR count). The minimum Gasteiger partial charge on any atom is -0.462 e.